The lowest BCUT2D eigenvalue weighted by Gasteiger charge is -2.15. The van der Waals surface area contributed by atoms with Crippen LogP contribution in [-0.4, -0.2) is 16.9 Å². The summed E-state index contributed by atoms with van der Waals surface area (Å²) < 4.78 is 5.57. The lowest BCUT2D eigenvalue weighted by molar-refractivity contribution is -0.384. The zero-order chi connectivity index (χ0) is 17.0. The number of nitrogens with one attached hydrogen (secondary N) is 1. The standard InChI is InChI=1S/C16H15ClN2O4/c1-10-4-3-5-13(8-10)23-11(2)16(20)18-15-7-6-12(19(21)22)9-14(15)17/h3-9,11H,1-2H3,(H,18,20). The van der Waals surface area contributed by atoms with Gasteiger partial charge >= 0.3 is 0 Å². The van der Waals surface area contributed by atoms with E-state index in [1.165, 1.54) is 18.2 Å². The second-order valence-corrected chi connectivity index (χ2v) is 5.39. The topological polar surface area (TPSA) is 81.5 Å². The lowest BCUT2D eigenvalue weighted by Crippen LogP contribution is -2.30. The molecule has 120 valence electrons. The quantitative estimate of drug-likeness (QED) is 0.662. The number of non-ortho nitro benzene ring substituents is 1. The van der Waals surface area contributed by atoms with E-state index < -0.39 is 16.9 Å². The van der Waals surface area contributed by atoms with E-state index in [2.05, 4.69) is 5.32 Å². The molecule has 0 spiro atoms. The molecule has 1 amide bonds. The van der Waals surface area contributed by atoms with Gasteiger partial charge < -0.3 is 10.1 Å². The number of nitro groups is 1. The van der Waals surface area contributed by atoms with Crippen LogP contribution in [0.4, 0.5) is 11.4 Å². The van der Waals surface area contributed by atoms with E-state index in [1.807, 2.05) is 25.1 Å². The van der Waals surface area contributed by atoms with E-state index in [0.717, 1.165) is 5.56 Å². The molecule has 1 unspecified atom stereocenters. The summed E-state index contributed by atoms with van der Waals surface area (Å²) >= 11 is 5.94. The van der Waals surface area contributed by atoms with Gasteiger partial charge in [-0.1, -0.05) is 23.7 Å². The number of nitrogens with zero attached hydrogens (tertiary/aromatic N) is 1. The second kappa shape index (κ2) is 7.11. The maximum absolute atomic E-state index is 12.1. The minimum absolute atomic E-state index is 0.0929. The molecular formula is C16H15ClN2O4. The van der Waals surface area contributed by atoms with E-state index in [4.69, 9.17) is 16.3 Å². The van der Waals surface area contributed by atoms with Gasteiger partial charge in [0.15, 0.2) is 6.10 Å². The molecule has 0 radical (unpaired) electrons. The molecule has 2 aromatic carbocycles. The smallest absolute Gasteiger partial charge is 0.271 e. The Morgan fingerprint density at radius 1 is 1.30 bits per heavy atom. The van der Waals surface area contributed by atoms with E-state index in [0.29, 0.717) is 11.4 Å². The van der Waals surface area contributed by atoms with Crippen molar-refractivity contribution in [1.82, 2.24) is 0 Å². The van der Waals surface area contributed by atoms with Gasteiger partial charge in [0.1, 0.15) is 5.75 Å². The molecule has 0 aromatic heterocycles. The highest BCUT2D eigenvalue weighted by molar-refractivity contribution is 6.34. The number of anilines is 1. The molecule has 1 atom stereocenters. The van der Waals surface area contributed by atoms with Crippen molar-refractivity contribution >= 4 is 28.9 Å². The van der Waals surface area contributed by atoms with Crippen molar-refractivity contribution in [3.05, 3.63) is 63.2 Å². The average molecular weight is 335 g/mol. The van der Waals surface area contributed by atoms with Crippen LogP contribution in [0.5, 0.6) is 5.75 Å². The van der Waals surface area contributed by atoms with Crippen LogP contribution >= 0.6 is 11.6 Å². The van der Waals surface area contributed by atoms with Gasteiger partial charge in [-0.15, -0.1) is 0 Å². The summed E-state index contributed by atoms with van der Waals surface area (Å²) in [5.41, 5.74) is 1.17. The van der Waals surface area contributed by atoms with Crippen LogP contribution in [0.25, 0.3) is 0 Å². The van der Waals surface area contributed by atoms with E-state index in [1.54, 1.807) is 13.0 Å². The highest BCUT2D eigenvalue weighted by atomic mass is 35.5. The maximum atomic E-state index is 12.1. The molecule has 0 fully saturated rings. The Bertz CT molecular complexity index is 749. The molecule has 2 aromatic rings. The van der Waals surface area contributed by atoms with Crippen molar-refractivity contribution in [2.24, 2.45) is 0 Å². The summed E-state index contributed by atoms with van der Waals surface area (Å²) in [5, 5.41) is 13.4. The van der Waals surface area contributed by atoms with Crippen molar-refractivity contribution < 1.29 is 14.5 Å². The molecule has 7 heteroatoms. The summed E-state index contributed by atoms with van der Waals surface area (Å²) in [6.07, 6.45) is -0.747. The monoisotopic (exact) mass is 334 g/mol. The van der Waals surface area contributed by atoms with Gasteiger partial charge in [-0.3, -0.25) is 14.9 Å². The van der Waals surface area contributed by atoms with Crippen molar-refractivity contribution in [2.45, 2.75) is 20.0 Å². The summed E-state index contributed by atoms with van der Waals surface area (Å²) in [4.78, 5) is 22.3. The number of carbonyl (C=O) groups excluding carboxylic acids is 1. The molecule has 0 aliphatic rings. The van der Waals surface area contributed by atoms with Crippen LogP contribution in [-0.2, 0) is 4.79 Å². The van der Waals surface area contributed by atoms with Gasteiger partial charge in [0.05, 0.1) is 15.6 Å². The molecule has 23 heavy (non-hydrogen) atoms. The minimum Gasteiger partial charge on any atom is -0.481 e. The SMILES string of the molecule is Cc1cccc(OC(C)C(=O)Nc2ccc([N+](=O)[O-])cc2Cl)c1. The van der Waals surface area contributed by atoms with Crippen molar-refractivity contribution in [3.8, 4) is 5.75 Å². The predicted octanol–water partition coefficient (Wildman–Crippen LogP) is 3.96. The number of nitro benzene ring substituents is 1. The molecule has 1 N–H and O–H groups in total. The molecular weight excluding hydrogens is 320 g/mol. The molecule has 6 nitrogen and oxygen atoms in total. The van der Waals surface area contributed by atoms with E-state index in [-0.39, 0.29) is 10.7 Å². The third kappa shape index (κ3) is 4.43. The van der Waals surface area contributed by atoms with Crippen LogP contribution < -0.4 is 10.1 Å². The Hall–Kier alpha value is -2.60. The first-order chi connectivity index (χ1) is 10.9. The molecule has 0 saturated heterocycles. The zero-order valence-electron chi connectivity index (χ0n) is 12.6. The molecule has 0 bridgehead atoms. The number of hydrogen-bond donors (Lipinski definition) is 1. The molecule has 0 aliphatic carbocycles. The zero-order valence-corrected chi connectivity index (χ0v) is 13.3. The molecule has 2 rings (SSSR count). The maximum Gasteiger partial charge on any atom is 0.271 e. The number of rotatable bonds is 5. The van der Waals surface area contributed by atoms with Crippen molar-refractivity contribution in [2.75, 3.05) is 5.32 Å². The predicted molar refractivity (Wildman–Crippen MR) is 88.0 cm³/mol. The van der Waals surface area contributed by atoms with Gasteiger partial charge in [-0.2, -0.15) is 0 Å². The fraction of sp³-hybridized carbons (Fsp3) is 0.188. The average Bonchev–Trinajstić information content (AvgIpc) is 2.49. The van der Waals surface area contributed by atoms with Gasteiger partial charge in [-0.05, 0) is 37.6 Å². The molecule has 0 aliphatic heterocycles. The van der Waals surface area contributed by atoms with E-state index in [9.17, 15) is 14.9 Å². The molecule has 0 saturated carbocycles. The number of ether oxygens (including phenoxy) is 1. The Kier molecular flexibility index (Phi) is 5.18. The fourth-order valence-corrected chi connectivity index (χ4v) is 2.12. The van der Waals surface area contributed by atoms with Gasteiger partial charge in [0.25, 0.3) is 11.6 Å². The second-order valence-electron chi connectivity index (χ2n) is 4.99. The van der Waals surface area contributed by atoms with Crippen LogP contribution in [0.1, 0.15) is 12.5 Å². The number of halogens is 1. The molecule has 0 heterocycles. The van der Waals surface area contributed by atoms with Crippen molar-refractivity contribution in [3.63, 3.8) is 0 Å². The summed E-state index contributed by atoms with van der Waals surface area (Å²) in [5.74, 6) is 0.185. The van der Waals surface area contributed by atoms with Crippen molar-refractivity contribution in [1.29, 1.82) is 0 Å². The van der Waals surface area contributed by atoms with E-state index >= 15 is 0 Å². The Balaban J connectivity index is 2.05. The number of aryl methyl sites for hydroxylation is 1. The number of hydrogen-bond acceptors (Lipinski definition) is 4. The Labute approximate surface area is 138 Å². The highest BCUT2D eigenvalue weighted by Gasteiger charge is 2.17. The summed E-state index contributed by atoms with van der Waals surface area (Å²) in [6.45, 7) is 3.53. The summed E-state index contributed by atoms with van der Waals surface area (Å²) in [7, 11) is 0. The van der Waals surface area contributed by atoms with Crippen LogP contribution in [0.3, 0.4) is 0 Å². The Morgan fingerprint density at radius 3 is 2.65 bits per heavy atom. The number of carbonyl (C=O) groups is 1. The first-order valence-corrected chi connectivity index (χ1v) is 7.23. The number of amides is 1. The Morgan fingerprint density at radius 2 is 2.04 bits per heavy atom. The van der Waals surface area contributed by atoms with Crippen LogP contribution in [0.15, 0.2) is 42.5 Å². The summed E-state index contributed by atoms with van der Waals surface area (Å²) in [6, 6.07) is 11.2. The van der Waals surface area contributed by atoms with Gasteiger partial charge in [-0.25, -0.2) is 0 Å². The third-order valence-corrected chi connectivity index (χ3v) is 3.41. The highest BCUT2D eigenvalue weighted by Crippen LogP contribution is 2.27. The van der Waals surface area contributed by atoms with Crippen LogP contribution in [0.2, 0.25) is 5.02 Å². The minimum atomic E-state index is -0.747. The number of benzene rings is 2. The first kappa shape index (κ1) is 16.8. The van der Waals surface area contributed by atoms with Gasteiger partial charge in [0.2, 0.25) is 0 Å². The first-order valence-electron chi connectivity index (χ1n) is 6.85. The normalized spacial score (nSPS) is 11.6. The van der Waals surface area contributed by atoms with Crippen LogP contribution in [0, 0.1) is 17.0 Å². The third-order valence-electron chi connectivity index (χ3n) is 3.09. The fourth-order valence-electron chi connectivity index (χ4n) is 1.90. The largest absolute Gasteiger partial charge is 0.481 e. The lowest BCUT2D eigenvalue weighted by atomic mass is 10.2. The van der Waals surface area contributed by atoms with Gasteiger partial charge in [0, 0.05) is 12.1 Å².